The Kier molecular flexibility index (Phi) is 4.52. The van der Waals surface area contributed by atoms with E-state index in [0.29, 0.717) is 19.4 Å². The van der Waals surface area contributed by atoms with Crippen LogP contribution in [0.4, 0.5) is 0 Å². The second-order valence-electron chi connectivity index (χ2n) is 4.59. The fourth-order valence-electron chi connectivity index (χ4n) is 2.23. The predicted octanol–water partition coefficient (Wildman–Crippen LogP) is 1.98. The van der Waals surface area contributed by atoms with Crippen LogP contribution in [0.2, 0.25) is 0 Å². The number of benzene rings is 1. The Morgan fingerprint density at radius 1 is 1.58 bits per heavy atom. The molecule has 0 saturated carbocycles. The second-order valence-corrected chi connectivity index (χ2v) is 6.24. The number of thiol groups is 1. The molecule has 2 atom stereocenters. The first kappa shape index (κ1) is 14.4. The summed E-state index contributed by atoms with van der Waals surface area (Å²) in [4.78, 5) is 24.6. The smallest absolute Gasteiger partial charge is 0.326 e. The Morgan fingerprint density at radius 3 is 2.84 bits per heavy atom. The monoisotopic (exact) mass is 343 g/mol. The average Bonchev–Trinajstić information content (AvgIpc) is 2.65. The zero-order valence-electron chi connectivity index (χ0n) is 10.1. The average molecular weight is 344 g/mol. The lowest BCUT2D eigenvalue weighted by Gasteiger charge is -2.24. The fraction of sp³-hybridized carbons (Fsp3) is 0.385. The van der Waals surface area contributed by atoms with Crippen LogP contribution in [0, 0.1) is 0 Å². The summed E-state index contributed by atoms with van der Waals surface area (Å²) in [5, 5.41) is 9.27. The van der Waals surface area contributed by atoms with Crippen molar-refractivity contribution in [3.8, 4) is 0 Å². The zero-order valence-corrected chi connectivity index (χ0v) is 12.6. The summed E-state index contributed by atoms with van der Waals surface area (Å²) < 4.78 is 0.897. The molecule has 0 radical (unpaired) electrons. The molecule has 1 fully saturated rings. The Labute approximate surface area is 125 Å². The third kappa shape index (κ3) is 3.51. The number of halogens is 1. The van der Waals surface area contributed by atoms with Crippen molar-refractivity contribution in [3.63, 3.8) is 0 Å². The predicted molar refractivity (Wildman–Crippen MR) is 78.4 cm³/mol. The molecule has 1 aliphatic rings. The topological polar surface area (TPSA) is 57.6 Å². The van der Waals surface area contributed by atoms with Gasteiger partial charge in [-0.1, -0.05) is 28.1 Å². The SMILES string of the molecule is O=C(O)[C@H](Cc1cccc(Br)c1)N1CC(S)CC1=O. The quantitative estimate of drug-likeness (QED) is 0.822. The van der Waals surface area contributed by atoms with Crippen LogP contribution in [0.5, 0.6) is 0 Å². The normalized spacial score (nSPS) is 20.6. The summed E-state index contributed by atoms with van der Waals surface area (Å²) >= 11 is 7.61. The molecule has 4 nitrogen and oxygen atoms in total. The van der Waals surface area contributed by atoms with Crippen LogP contribution in [0.1, 0.15) is 12.0 Å². The molecule has 0 aromatic heterocycles. The van der Waals surface area contributed by atoms with Gasteiger partial charge in [-0.05, 0) is 17.7 Å². The summed E-state index contributed by atoms with van der Waals surface area (Å²) in [6.45, 7) is 0.396. The van der Waals surface area contributed by atoms with Gasteiger partial charge in [0.1, 0.15) is 6.04 Å². The minimum absolute atomic E-state index is 0.0724. The van der Waals surface area contributed by atoms with E-state index >= 15 is 0 Å². The standard InChI is InChI=1S/C13H14BrNO3S/c14-9-3-1-2-8(4-9)5-11(13(17)18)15-7-10(19)6-12(15)16/h1-4,10-11,19H,5-7H2,(H,17,18)/t10?,11-/m0/s1. The number of carbonyl (C=O) groups excluding carboxylic acids is 1. The van der Waals surface area contributed by atoms with Crippen LogP contribution in [-0.2, 0) is 16.0 Å². The molecule has 1 aliphatic heterocycles. The van der Waals surface area contributed by atoms with Gasteiger partial charge in [0.2, 0.25) is 5.91 Å². The first-order valence-electron chi connectivity index (χ1n) is 5.92. The van der Waals surface area contributed by atoms with Crippen LogP contribution in [0.15, 0.2) is 28.7 Å². The largest absolute Gasteiger partial charge is 0.480 e. The number of aliphatic carboxylic acids is 1. The molecule has 1 aromatic carbocycles. The molecule has 0 aliphatic carbocycles. The van der Waals surface area contributed by atoms with Crippen LogP contribution in [0.25, 0.3) is 0 Å². The zero-order chi connectivity index (χ0) is 14.0. The van der Waals surface area contributed by atoms with Crippen LogP contribution >= 0.6 is 28.6 Å². The van der Waals surface area contributed by atoms with Gasteiger partial charge in [0.15, 0.2) is 0 Å². The highest BCUT2D eigenvalue weighted by molar-refractivity contribution is 9.10. The van der Waals surface area contributed by atoms with Gasteiger partial charge in [0, 0.05) is 29.1 Å². The maximum absolute atomic E-state index is 11.8. The van der Waals surface area contributed by atoms with E-state index in [-0.39, 0.29) is 11.2 Å². The number of carboxylic acid groups (broad SMARTS) is 1. The van der Waals surface area contributed by atoms with Gasteiger partial charge < -0.3 is 10.0 Å². The fourth-order valence-corrected chi connectivity index (χ4v) is 3.01. The number of amides is 1. The van der Waals surface area contributed by atoms with Gasteiger partial charge in [0.25, 0.3) is 0 Å². The van der Waals surface area contributed by atoms with E-state index in [1.165, 1.54) is 4.90 Å². The van der Waals surface area contributed by atoms with E-state index in [9.17, 15) is 14.7 Å². The summed E-state index contributed by atoms with van der Waals surface area (Å²) in [7, 11) is 0. The van der Waals surface area contributed by atoms with Crippen molar-refractivity contribution >= 4 is 40.4 Å². The molecule has 19 heavy (non-hydrogen) atoms. The number of carbonyl (C=O) groups is 2. The first-order chi connectivity index (χ1) is 8.97. The maximum Gasteiger partial charge on any atom is 0.326 e. The van der Waals surface area contributed by atoms with Crippen molar-refractivity contribution in [1.82, 2.24) is 4.90 Å². The van der Waals surface area contributed by atoms with Gasteiger partial charge in [-0.2, -0.15) is 12.6 Å². The summed E-state index contributed by atoms with van der Waals surface area (Å²) in [6, 6.07) is 6.64. The summed E-state index contributed by atoms with van der Waals surface area (Å²) in [6.07, 6.45) is 0.617. The van der Waals surface area contributed by atoms with Gasteiger partial charge in [0.05, 0.1) is 0 Å². The lowest BCUT2D eigenvalue weighted by molar-refractivity contribution is -0.148. The number of hydrogen-bond acceptors (Lipinski definition) is 3. The summed E-state index contributed by atoms with van der Waals surface area (Å²) in [5.41, 5.74) is 0.886. The summed E-state index contributed by atoms with van der Waals surface area (Å²) in [5.74, 6) is -1.11. The van der Waals surface area contributed by atoms with E-state index in [0.717, 1.165) is 10.0 Å². The maximum atomic E-state index is 11.8. The molecular weight excluding hydrogens is 330 g/mol. The molecule has 1 saturated heterocycles. The van der Waals surface area contributed by atoms with Crippen molar-refractivity contribution in [2.75, 3.05) is 6.54 Å². The molecule has 0 bridgehead atoms. The van der Waals surface area contributed by atoms with Gasteiger partial charge >= 0.3 is 5.97 Å². The van der Waals surface area contributed by atoms with E-state index in [2.05, 4.69) is 28.6 Å². The molecule has 2 rings (SSSR count). The van der Waals surface area contributed by atoms with E-state index in [1.54, 1.807) is 0 Å². The number of carboxylic acids is 1. The number of likely N-dealkylation sites (tertiary alicyclic amines) is 1. The molecule has 1 amide bonds. The van der Waals surface area contributed by atoms with Gasteiger partial charge in [-0.3, -0.25) is 4.79 Å². The Balaban J connectivity index is 2.17. The molecule has 1 aromatic rings. The van der Waals surface area contributed by atoms with Gasteiger partial charge in [-0.25, -0.2) is 4.79 Å². The second kappa shape index (κ2) is 5.96. The van der Waals surface area contributed by atoms with Crippen LogP contribution in [0.3, 0.4) is 0 Å². The Morgan fingerprint density at radius 2 is 2.32 bits per heavy atom. The number of hydrogen-bond donors (Lipinski definition) is 2. The van der Waals surface area contributed by atoms with Crippen molar-refractivity contribution in [3.05, 3.63) is 34.3 Å². The Hall–Kier alpha value is -1.01. The molecule has 102 valence electrons. The van der Waals surface area contributed by atoms with E-state index in [1.807, 2.05) is 24.3 Å². The first-order valence-corrected chi connectivity index (χ1v) is 7.23. The molecule has 6 heteroatoms. The third-order valence-corrected chi connectivity index (χ3v) is 3.96. The molecular formula is C13H14BrNO3S. The van der Waals surface area contributed by atoms with E-state index in [4.69, 9.17) is 0 Å². The van der Waals surface area contributed by atoms with Crippen molar-refractivity contribution in [1.29, 1.82) is 0 Å². The van der Waals surface area contributed by atoms with Crippen molar-refractivity contribution < 1.29 is 14.7 Å². The van der Waals surface area contributed by atoms with Crippen molar-refractivity contribution in [2.24, 2.45) is 0 Å². The number of rotatable bonds is 4. The molecule has 1 unspecified atom stereocenters. The third-order valence-electron chi connectivity index (χ3n) is 3.12. The van der Waals surface area contributed by atoms with Gasteiger partial charge in [-0.15, -0.1) is 0 Å². The van der Waals surface area contributed by atoms with Crippen LogP contribution in [-0.4, -0.2) is 39.7 Å². The molecule has 0 spiro atoms. The minimum Gasteiger partial charge on any atom is -0.480 e. The molecule has 1 heterocycles. The lowest BCUT2D eigenvalue weighted by atomic mass is 10.1. The lowest BCUT2D eigenvalue weighted by Crippen LogP contribution is -2.43. The van der Waals surface area contributed by atoms with E-state index < -0.39 is 12.0 Å². The highest BCUT2D eigenvalue weighted by atomic mass is 79.9. The van der Waals surface area contributed by atoms with Crippen LogP contribution < -0.4 is 0 Å². The van der Waals surface area contributed by atoms with Crippen molar-refractivity contribution in [2.45, 2.75) is 24.1 Å². The highest BCUT2D eigenvalue weighted by Gasteiger charge is 2.36. The highest BCUT2D eigenvalue weighted by Crippen LogP contribution is 2.22. The number of nitrogens with zero attached hydrogens (tertiary/aromatic N) is 1. The molecule has 1 N–H and O–H groups in total. The Bertz CT molecular complexity index is 508. The minimum atomic E-state index is -0.976.